The molecule has 1 aliphatic rings. The molecule has 1 aliphatic heterocycles. The Morgan fingerprint density at radius 1 is 0.940 bits per heavy atom. The van der Waals surface area contributed by atoms with Crippen LogP contribution >= 0.6 is 0 Å². The maximum Gasteiger partial charge on any atom is 0.274 e. The lowest BCUT2D eigenvalue weighted by Crippen LogP contribution is -2.44. The van der Waals surface area contributed by atoms with Gasteiger partial charge in [-0.15, -0.1) is 4.91 Å². The number of aromatic nitrogens is 2. The van der Waals surface area contributed by atoms with E-state index in [4.69, 9.17) is 5.10 Å². The van der Waals surface area contributed by atoms with Crippen LogP contribution in [-0.4, -0.2) is 61.7 Å². The number of aliphatic hydroxyl groups is 1. The standard InChI is InChI=1S/C39H46N6O5/c1-4-6-21-43(22-7-5-2)39(49)34-23-27(3)45(41-34)35-20-19-32(40-36(46)14-10-11-28-15-17-31(42-50)18-16-28)25-33(35)38(48)44-26-30-13-9-8-12-29(30)24-37(44)47/h8-9,12-13,15-20,23,25,37,47H,4-7,10-11,14,21-22,24,26H2,1-3H3,(H,40,46). The van der Waals surface area contributed by atoms with Gasteiger partial charge in [0.05, 0.1) is 11.3 Å². The minimum atomic E-state index is -1.04. The zero-order valence-electron chi connectivity index (χ0n) is 29.1. The molecular formula is C39H46N6O5. The molecule has 4 aromatic rings. The van der Waals surface area contributed by atoms with Gasteiger partial charge in [-0.1, -0.05) is 63.1 Å². The second kappa shape index (κ2) is 17.0. The lowest BCUT2D eigenvalue weighted by molar-refractivity contribution is -0.116. The van der Waals surface area contributed by atoms with Crippen LogP contribution in [0.2, 0.25) is 0 Å². The first kappa shape index (κ1) is 36.1. The summed E-state index contributed by atoms with van der Waals surface area (Å²) in [6.07, 6.45) is 4.47. The smallest absolute Gasteiger partial charge is 0.274 e. The molecule has 0 saturated heterocycles. The average molecular weight is 679 g/mol. The number of aryl methyl sites for hydroxylation is 2. The number of fused-ring (bicyclic) bond motifs is 1. The van der Waals surface area contributed by atoms with Crippen LogP contribution in [0.4, 0.5) is 11.4 Å². The highest BCUT2D eigenvalue weighted by atomic mass is 16.3. The molecule has 0 saturated carbocycles. The second-order valence-corrected chi connectivity index (χ2v) is 12.9. The summed E-state index contributed by atoms with van der Waals surface area (Å²) in [5, 5.41) is 21.7. The first-order valence-electron chi connectivity index (χ1n) is 17.5. The predicted molar refractivity (Wildman–Crippen MR) is 194 cm³/mol. The Kier molecular flexibility index (Phi) is 12.3. The van der Waals surface area contributed by atoms with E-state index in [1.54, 1.807) is 41.1 Å². The third kappa shape index (κ3) is 8.70. The van der Waals surface area contributed by atoms with Gasteiger partial charge in [-0.3, -0.25) is 14.4 Å². The number of amides is 3. The summed E-state index contributed by atoms with van der Waals surface area (Å²) in [4.78, 5) is 55.0. The van der Waals surface area contributed by atoms with Crippen LogP contribution in [0.15, 0.2) is 78.0 Å². The third-order valence-electron chi connectivity index (χ3n) is 9.09. The van der Waals surface area contributed by atoms with Gasteiger partial charge in [0, 0.05) is 43.9 Å². The van der Waals surface area contributed by atoms with Crippen molar-refractivity contribution in [3.8, 4) is 5.69 Å². The normalized spacial score (nSPS) is 13.8. The van der Waals surface area contributed by atoms with E-state index in [9.17, 15) is 24.4 Å². The number of nitrogens with one attached hydrogen (secondary N) is 1. The predicted octanol–water partition coefficient (Wildman–Crippen LogP) is 7.10. The van der Waals surface area contributed by atoms with Crippen LogP contribution in [0.3, 0.4) is 0 Å². The fourth-order valence-electron chi connectivity index (χ4n) is 6.24. The first-order valence-corrected chi connectivity index (χ1v) is 17.5. The van der Waals surface area contributed by atoms with Crippen LogP contribution in [-0.2, 0) is 24.2 Å². The minimum absolute atomic E-state index is 0.148. The third-order valence-corrected chi connectivity index (χ3v) is 9.09. The number of hydrogen-bond donors (Lipinski definition) is 2. The Morgan fingerprint density at radius 2 is 1.64 bits per heavy atom. The van der Waals surface area contributed by atoms with E-state index >= 15 is 0 Å². The van der Waals surface area contributed by atoms with Crippen molar-refractivity contribution in [2.75, 3.05) is 18.4 Å². The number of nitrogens with zero attached hydrogens (tertiary/aromatic N) is 5. The van der Waals surface area contributed by atoms with E-state index in [0.717, 1.165) is 42.4 Å². The molecule has 50 heavy (non-hydrogen) atoms. The Bertz CT molecular complexity index is 1810. The van der Waals surface area contributed by atoms with E-state index in [-0.39, 0.29) is 30.3 Å². The molecule has 5 rings (SSSR count). The van der Waals surface area contributed by atoms with Gasteiger partial charge in [-0.05, 0) is 90.9 Å². The molecule has 1 unspecified atom stereocenters. The number of unbranched alkanes of at least 4 members (excludes halogenated alkanes) is 2. The number of rotatable bonds is 15. The van der Waals surface area contributed by atoms with Gasteiger partial charge >= 0.3 is 0 Å². The molecule has 0 bridgehead atoms. The van der Waals surface area contributed by atoms with Gasteiger partial charge in [-0.25, -0.2) is 4.68 Å². The number of benzene rings is 3. The lowest BCUT2D eigenvalue weighted by atomic mass is 9.97. The number of anilines is 1. The van der Waals surface area contributed by atoms with Gasteiger partial charge in [-0.2, -0.15) is 5.10 Å². The SMILES string of the molecule is CCCCN(CCCC)C(=O)c1cc(C)n(-c2ccc(NC(=O)CCCc3ccc(N=O)cc3)cc2C(=O)N2Cc3ccccc3CC2O)n1. The summed E-state index contributed by atoms with van der Waals surface area (Å²) in [5.41, 5.74) is 5.38. The van der Waals surface area contributed by atoms with Gasteiger partial charge in [0.2, 0.25) is 5.91 Å². The molecule has 0 spiro atoms. The number of carbonyl (C=O) groups excluding carboxylic acids is 3. The van der Waals surface area contributed by atoms with E-state index in [0.29, 0.717) is 60.8 Å². The van der Waals surface area contributed by atoms with Crippen molar-refractivity contribution < 1.29 is 19.5 Å². The summed E-state index contributed by atoms with van der Waals surface area (Å²) in [5.74, 6) is -0.775. The summed E-state index contributed by atoms with van der Waals surface area (Å²) < 4.78 is 1.60. The van der Waals surface area contributed by atoms with Crippen molar-refractivity contribution in [3.05, 3.63) is 111 Å². The molecule has 262 valence electrons. The van der Waals surface area contributed by atoms with Crippen LogP contribution in [0.25, 0.3) is 5.69 Å². The molecule has 0 fully saturated rings. The molecule has 11 heteroatoms. The van der Waals surface area contributed by atoms with Crippen LogP contribution < -0.4 is 5.32 Å². The number of carbonyl (C=O) groups is 3. The Morgan fingerprint density at radius 3 is 2.32 bits per heavy atom. The minimum Gasteiger partial charge on any atom is -0.373 e. The number of aliphatic hydroxyl groups excluding tert-OH is 1. The highest BCUT2D eigenvalue weighted by Crippen LogP contribution is 2.28. The van der Waals surface area contributed by atoms with Gasteiger partial charge in [0.1, 0.15) is 11.9 Å². The maximum absolute atomic E-state index is 14.3. The average Bonchev–Trinajstić information content (AvgIpc) is 3.52. The first-order chi connectivity index (χ1) is 24.2. The van der Waals surface area contributed by atoms with Crippen molar-refractivity contribution in [3.63, 3.8) is 0 Å². The van der Waals surface area contributed by atoms with Gasteiger partial charge in [0.15, 0.2) is 5.69 Å². The molecule has 11 nitrogen and oxygen atoms in total. The zero-order chi connectivity index (χ0) is 35.6. The van der Waals surface area contributed by atoms with E-state index < -0.39 is 12.1 Å². The number of nitroso groups, excluding NO2 is 1. The monoisotopic (exact) mass is 678 g/mol. The topological polar surface area (TPSA) is 137 Å². The highest BCUT2D eigenvalue weighted by molar-refractivity contribution is 6.00. The van der Waals surface area contributed by atoms with E-state index in [2.05, 4.69) is 24.3 Å². The van der Waals surface area contributed by atoms with Crippen molar-refractivity contribution in [2.45, 2.75) is 84.9 Å². The van der Waals surface area contributed by atoms with Crippen molar-refractivity contribution in [1.82, 2.24) is 19.6 Å². The largest absolute Gasteiger partial charge is 0.373 e. The highest BCUT2D eigenvalue weighted by Gasteiger charge is 2.31. The van der Waals surface area contributed by atoms with Crippen LogP contribution in [0.5, 0.6) is 0 Å². The zero-order valence-corrected chi connectivity index (χ0v) is 29.1. The summed E-state index contributed by atoms with van der Waals surface area (Å²) in [7, 11) is 0. The van der Waals surface area contributed by atoms with Crippen LogP contribution in [0, 0.1) is 11.8 Å². The Balaban J connectivity index is 1.42. The Labute approximate surface area is 293 Å². The van der Waals surface area contributed by atoms with Crippen molar-refractivity contribution in [2.24, 2.45) is 5.18 Å². The molecule has 3 amide bonds. The molecule has 3 aromatic carbocycles. The fourth-order valence-corrected chi connectivity index (χ4v) is 6.24. The van der Waals surface area contributed by atoms with Gasteiger partial charge in [0.25, 0.3) is 11.8 Å². The molecule has 2 N–H and O–H groups in total. The molecule has 1 atom stereocenters. The summed E-state index contributed by atoms with van der Waals surface area (Å²) >= 11 is 0. The molecule has 1 aromatic heterocycles. The molecule has 2 heterocycles. The summed E-state index contributed by atoms with van der Waals surface area (Å²) in [6, 6.07) is 21.5. The fraction of sp³-hybridized carbons (Fsp3) is 0.385. The van der Waals surface area contributed by atoms with Gasteiger partial charge < -0.3 is 20.2 Å². The van der Waals surface area contributed by atoms with Crippen molar-refractivity contribution in [1.29, 1.82) is 0 Å². The summed E-state index contributed by atoms with van der Waals surface area (Å²) in [6.45, 7) is 7.55. The molecule has 0 aliphatic carbocycles. The quantitative estimate of drug-likeness (QED) is 0.129. The van der Waals surface area contributed by atoms with E-state index in [1.165, 1.54) is 4.90 Å². The van der Waals surface area contributed by atoms with Crippen LogP contribution in [0.1, 0.15) is 95.6 Å². The second-order valence-electron chi connectivity index (χ2n) is 12.9. The number of hydrogen-bond acceptors (Lipinski definition) is 7. The molecule has 0 radical (unpaired) electrons. The Hall–Kier alpha value is -5.16. The lowest BCUT2D eigenvalue weighted by Gasteiger charge is -2.34. The maximum atomic E-state index is 14.3. The molecular weight excluding hydrogens is 632 g/mol. The van der Waals surface area contributed by atoms with Crippen molar-refractivity contribution >= 4 is 29.1 Å². The van der Waals surface area contributed by atoms with E-state index in [1.807, 2.05) is 48.2 Å².